The number of nitrogens with zero attached hydrogens (tertiary/aromatic N) is 1. The van der Waals surface area contributed by atoms with E-state index in [-0.39, 0.29) is 15.8 Å². The second-order valence-electron chi connectivity index (χ2n) is 4.67. The maximum absolute atomic E-state index is 11.4. The second kappa shape index (κ2) is 6.63. The molecule has 2 N–H and O–H groups in total. The molecule has 7 heteroatoms. The van der Waals surface area contributed by atoms with Gasteiger partial charge in [0.25, 0.3) is 0 Å². The SMILES string of the molecule is O=C(CCCNCc1csc([N+](=O)[O-])c1)NC1CC1. The Bertz CT molecular complexity index is 457. The number of hydrogen-bond acceptors (Lipinski definition) is 5. The fraction of sp³-hybridized carbons (Fsp3) is 0.583. The van der Waals surface area contributed by atoms with Crippen LogP contribution in [0.1, 0.15) is 31.2 Å². The topological polar surface area (TPSA) is 84.3 Å². The Morgan fingerprint density at radius 1 is 1.53 bits per heavy atom. The normalized spacial score (nSPS) is 14.3. The van der Waals surface area contributed by atoms with Gasteiger partial charge in [-0.25, -0.2) is 0 Å². The number of nitrogens with one attached hydrogen (secondary N) is 2. The molecule has 1 aromatic rings. The Labute approximate surface area is 115 Å². The molecule has 0 bridgehead atoms. The van der Waals surface area contributed by atoms with Gasteiger partial charge in [0.15, 0.2) is 0 Å². The predicted octanol–water partition coefficient (Wildman–Crippen LogP) is 1.80. The summed E-state index contributed by atoms with van der Waals surface area (Å²) in [7, 11) is 0. The summed E-state index contributed by atoms with van der Waals surface area (Å²) in [6.07, 6.45) is 3.54. The van der Waals surface area contributed by atoms with Crippen molar-refractivity contribution in [2.45, 2.75) is 38.3 Å². The number of thiophene rings is 1. The molecular weight excluding hydrogens is 266 g/mol. The minimum Gasteiger partial charge on any atom is -0.353 e. The lowest BCUT2D eigenvalue weighted by Gasteiger charge is -2.04. The number of nitro groups is 1. The Kier molecular flexibility index (Phi) is 4.86. The third-order valence-electron chi connectivity index (χ3n) is 2.85. The zero-order valence-electron chi connectivity index (χ0n) is 10.6. The van der Waals surface area contributed by atoms with Gasteiger partial charge in [-0.2, -0.15) is 0 Å². The van der Waals surface area contributed by atoms with Crippen LogP contribution in [0.15, 0.2) is 11.4 Å². The van der Waals surface area contributed by atoms with Gasteiger partial charge in [-0.05, 0) is 31.4 Å². The third-order valence-corrected chi connectivity index (χ3v) is 3.78. The largest absolute Gasteiger partial charge is 0.353 e. The highest BCUT2D eigenvalue weighted by Gasteiger charge is 2.22. The predicted molar refractivity (Wildman–Crippen MR) is 73.1 cm³/mol. The molecule has 1 aromatic heterocycles. The molecule has 1 aliphatic rings. The molecule has 104 valence electrons. The highest BCUT2D eigenvalue weighted by Crippen LogP contribution is 2.22. The van der Waals surface area contributed by atoms with Crippen LogP contribution in [0.5, 0.6) is 0 Å². The number of carbonyl (C=O) groups excluding carboxylic acids is 1. The summed E-state index contributed by atoms with van der Waals surface area (Å²) in [5, 5.41) is 18.6. The van der Waals surface area contributed by atoms with Gasteiger partial charge in [0.1, 0.15) is 0 Å². The van der Waals surface area contributed by atoms with Crippen LogP contribution in [0.2, 0.25) is 0 Å². The van der Waals surface area contributed by atoms with E-state index in [1.165, 1.54) is 0 Å². The van der Waals surface area contributed by atoms with Crippen LogP contribution in [0.25, 0.3) is 0 Å². The molecule has 0 atom stereocenters. The second-order valence-corrected chi connectivity index (χ2v) is 5.56. The summed E-state index contributed by atoms with van der Waals surface area (Å²) >= 11 is 1.14. The first-order chi connectivity index (χ1) is 9.15. The van der Waals surface area contributed by atoms with Gasteiger partial charge < -0.3 is 10.6 Å². The van der Waals surface area contributed by atoms with Crippen molar-refractivity contribution in [2.24, 2.45) is 0 Å². The van der Waals surface area contributed by atoms with Crippen molar-refractivity contribution in [1.29, 1.82) is 0 Å². The Morgan fingerprint density at radius 3 is 2.95 bits per heavy atom. The zero-order chi connectivity index (χ0) is 13.7. The first-order valence-electron chi connectivity index (χ1n) is 6.37. The molecule has 0 saturated heterocycles. The maximum Gasteiger partial charge on any atom is 0.324 e. The lowest BCUT2D eigenvalue weighted by Crippen LogP contribution is -2.26. The van der Waals surface area contributed by atoms with E-state index < -0.39 is 0 Å². The quantitative estimate of drug-likeness (QED) is 0.433. The van der Waals surface area contributed by atoms with Crippen LogP contribution in [-0.4, -0.2) is 23.4 Å². The molecule has 1 heterocycles. The fourth-order valence-corrected chi connectivity index (χ4v) is 2.41. The average molecular weight is 283 g/mol. The van der Waals surface area contributed by atoms with Crippen LogP contribution >= 0.6 is 11.3 Å². The molecule has 0 aliphatic heterocycles. The summed E-state index contributed by atoms with van der Waals surface area (Å²) in [6.45, 7) is 1.34. The first-order valence-corrected chi connectivity index (χ1v) is 7.25. The Morgan fingerprint density at radius 2 is 2.32 bits per heavy atom. The Hall–Kier alpha value is -1.47. The molecule has 0 aromatic carbocycles. The van der Waals surface area contributed by atoms with E-state index in [9.17, 15) is 14.9 Å². The standard InChI is InChI=1S/C12H17N3O3S/c16-11(14-10-3-4-10)2-1-5-13-7-9-6-12(15(17)18)19-8-9/h6,8,10,13H,1-5,7H2,(H,14,16). The lowest BCUT2D eigenvalue weighted by atomic mass is 10.2. The van der Waals surface area contributed by atoms with Gasteiger partial charge in [-0.15, -0.1) is 0 Å². The van der Waals surface area contributed by atoms with Gasteiger partial charge in [0.05, 0.1) is 4.92 Å². The molecule has 1 fully saturated rings. The lowest BCUT2D eigenvalue weighted by molar-refractivity contribution is -0.380. The molecule has 0 radical (unpaired) electrons. The van der Waals surface area contributed by atoms with Crippen molar-refractivity contribution >= 4 is 22.2 Å². The highest BCUT2D eigenvalue weighted by molar-refractivity contribution is 7.13. The molecule has 1 saturated carbocycles. The third kappa shape index (κ3) is 4.96. The smallest absolute Gasteiger partial charge is 0.324 e. The number of amides is 1. The first kappa shape index (κ1) is 14.0. The van der Waals surface area contributed by atoms with E-state index in [1.54, 1.807) is 11.4 Å². The summed E-state index contributed by atoms with van der Waals surface area (Å²) in [6, 6.07) is 2.00. The van der Waals surface area contributed by atoms with Crippen LogP contribution in [-0.2, 0) is 11.3 Å². The number of rotatable bonds is 8. The van der Waals surface area contributed by atoms with Crippen molar-refractivity contribution < 1.29 is 9.72 Å². The number of carbonyl (C=O) groups is 1. The van der Waals surface area contributed by atoms with Crippen LogP contribution < -0.4 is 10.6 Å². The molecule has 0 spiro atoms. The van der Waals surface area contributed by atoms with Gasteiger partial charge >= 0.3 is 5.00 Å². The maximum atomic E-state index is 11.4. The number of hydrogen-bond donors (Lipinski definition) is 2. The van der Waals surface area contributed by atoms with E-state index >= 15 is 0 Å². The van der Waals surface area contributed by atoms with Gasteiger partial charge in [-0.1, -0.05) is 11.3 Å². The summed E-state index contributed by atoms with van der Waals surface area (Å²) in [5.41, 5.74) is 0.916. The molecule has 6 nitrogen and oxygen atoms in total. The minimum absolute atomic E-state index is 0.121. The molecule has 19 heavy (non-hydrogen) atoms. The van der Waals surface area contributed by atoms with Gasteiger partial charge in [0, 0.05) is 30.5 Å². The molecule has 1 amide bonds. The van der Waals surface area contributed by atoms with Gasteiger partial charge in [-0.3, -0.25) is 14.9 Å². The summed E-state index contributed by atoms with van der Waals surface area (Å²) in [5.74, 6) is 0.121. The van der Waals surface area contributed by atoms with Crippen molar-refractivity contribution in [3.63, 3.8) is 0 Å². The molecule has 0 unspecified atom stereocenters. The van der Waals surface area contributed by atoms with Crippen LogP contribution in [0.4, 0.5) is 5.00 Å². The minimum atomic E-state index is -0.379. The summed E-state index contributed by atoms with van der Waals surface area (Å²) < 4.78 is 0. The van der Waals surface area contributed by atoms with Crippen LogP contribution in [0.3, 0.4) is 0 Å². The van der Waals surface area contributed by atoms with Crippen molar-refractivity contribution in [3.8, 4) is 0 Å². The van der Waals surface area contributed by atoms with Crippen molar-refractivity contribution in [2.75, 3.05) is 6.54 Å². The summed E-state index contributed by atoms with van der Waals surface area (Å²) in [4.78, 5) is 21.5. The van der Waals surface area contributed by atoms with Crippen molar-refractivity contribution in [1.82, 2.24) is 10.6 Å². The Balaban J connectivity index is 1.55. The van der Waals surface area contributed by atoms with Crippen molar-refractivity contribution in [3.05, 3.63) is 27.1 Å². The fourth-order valence-electron chi connectivity index (χ4n) is 1.69. The molecule has 1 aliphatic carbocycles. The van der Waals surface area contributed by atoms with E-state index in [2.05, 4.69) is 10.6 Å². The van der Waals surface area contributed by atoms with Gasteiger partial charge in [0.2, 0.25) is 5.91 Å². The molecular formula is C12H17N3O3S. The van der Waals surface area contributed by atoms with E-state index in [0.29, 0.717) is 19.0 Å². The molecule has 2 rings (SSSR count). The zero-order valence-corrected chi connectivity index (χ0v) is 11.4. The van der Waals surface area contributed by atoms with E-state index in [0.717, 1.165) is 42.7 Å². The van der Waals surface area contributed by atoms with E-state index in [1.807, 2.05) is 0 Å². The van der Waals surface area contributed by atoms with Crippen LogP contribution in [0, 0.1) is 10.1 Å². The van der Waals surface area contributed by atoms with E-state index in [4.69, 9.17) is 0 Å². The average Bonchev–Trinajstić information content (AvgIpc) is 3.04. The highest BCUT2D eigenvalue weighted by atomic mass is 32.1. The monoisotopic (exact) mass is 283 g/mol.